The molecular weight excluding hydrogens is 372 g/mol. The number of allylic oxidation sites excluding steroid dienone is 1. The Morgan fingerprint density at radius 1 is 1.04 bits per heavy atom. The van der Waals surface area contributed by atoms with Crippen molar-refractivity contribution in [2.24, 2.45) is 0 Å². The van der Waals surface area contributed by atoms with Crippen molar-refractivity contribution in [1.82, 2.24) is 4.57 Å². The summed E-state index contributed by atoms with van der Waals surface area (Å²) in [5, 5.41) is 9.56. The fourth-order valence-electron chi connectivity index (χ4n) is 3.01. The quantitative estimate of drug-likeness (QED) is 0.487. The minimum absolute atomic E-state index is 0.672. The zero-order valence-corrected chi connectivity index (χ0v) is 16.1. The maximum atomic E-state index is 9.56. The first kappa shape index (κ1) is 17.3. The zero-order valence-electron chi connectivity index (χ0n) is 14.5. The molecule has 0 amide bonds. The van der Waals surface area contributed by atoms with Gasteiger partial charge in [-0.25, -0.2) is 0 Å². The lowest BCUT2D eigenvalue weighted by Crippen LogP contribution is -1.99. The van der Waals surface area contributed by atoms with Crippen molar-refractivity contribution in [2.75, 3.05) is 0 Å². The number of hydrogen-bond donors (Lipinski definition) is 0. The van der Waals surface area contributed by atoms with E-state index in [1.165, 1.54) is 5.56 Å². The van der Waals surface area contributed by atoms with Gasteiger partial charge < -0.3 is 4.57 Å². The predicted octanol–water partition coefficient (Wildman–Crippen LogP) is 6.23. The highest BCUT2D eigenvalue weighted by Crippen LogP contribution is 2.27. The van der Waals surface area contributed by atoms with Crippen LogP contribution in [-0.4, -0.2) is 4.57 Å². The summed E-state index contributed by atoms with van der Waals surface area (Å²) in [6.07, 6.45) is 1.97. The minimum atomic E-state index is 0.672. The van der Waals surface area contributed by atoms with Crippen LogP contribution in [0.3, 0.4) is 0 Å². The topological polar surface area (TPSA) is 28.7 Å². The number of hydrogen-bond acceptors (Lipinski definition) is 1. The summed E-state index contributed by atoms with van der Waals surface area (Å²) >= 11 is 3.61. The Kier molecular flexibility index (Phi) is 4.92. The van der Waals surface area contributed by atoms with Gasteiger partial charge in [0.15, 0.2) is 0 Å². The van der Waals surface area contributed by atoms with Gasteiger partial charge in [-0.1, -0.05) is 52.3 Å². The lowest BCUT2D eigenvalue weighted by Gasteiger charge is -2.11. The van der Waals surface area contributed by atoms with Crippen molar-refractivity contribution in [1.29, 1.82) is 5.26 Å². The molecule has 124 valence electrons. The average Bonchev–Trinajstić information content (AvgIpc) is 2.89. The standard InChI is InChI=1S/C22H19BrN2/c1-15-9-10-21(13-22(15)23)25-16(2)11-19(17(25)3)12-20(14-24)18-7-5-4-6-8-18/h4-13H,1-3H3/b20-12-. The zero-order chi connectivity index (χ0) is 18.0. The Bertz CT molecular complexity index is 989. The number of rotatable bonds is 3. The molecule has 0 atom stereocenters. The van der Waals surface area contributed by atoms with E-state index in [1.54, 1.807) is 0 Å². The number of halogens is 1. The number of nitrogens with zero attached hydrogens (tertiary/aromatic N) is 2. The van der Waals surface area contributed by atoms with Crippen LogP contribution < -0.4 is 0 Å². The van der Waals surface area contributed by atoms with Gasteiger partial charge in [-0.05, 0) is 61.7 Å². The van der Waals surface area contributed by atoms with Gasteiger partial charge >= 0.3 is 0 Å². The highest BCUT2D eigenvalue weighted by molar-refractivity contribution is 9.10. The second kappa shape index (κ2) is 7.13. The second-order valence-corrected chi connectivity index (χ2v) is 6.99. The summed E-state index contributed by atoms with van der Waals surface area (Å²) in [4.78, 5) is 0. The first-order chi connectivity index (χ1) is 12.0. The molecule has 3 heteroatoms. The van der Waals surface area contributed by atoms with Gasteiger partial charge in [0.1, 0.15) is 0 Å². The van der Waals surface area contributed by atoms with Crippen LogP contribution in [0, 0.1) is 32.1 Å². The smallest absolute Gasteiger partial charge is 0.0998 e. The number of aromatic nitrogens is 1. The van der Waals surface area contributed by atoms with Crippen LogP contribution in [0.25, 0.3) is 17.3 Å². The molecule has 0 aliphatic heterocycles. The maximum Gasteiger partial charge on any atom is 0.0998 e. The van der Waals surface area contributed by atoms with Crippen LogP contribution in [0.4, 0.5) is 0 Å². The normalized spacial score (nSPS) is 11.4. The Morgan fingerprint density at radius 3 is 2.40 bits per heavy atom. The summed E-state index contributed by atoms with van der Waals surface area (Å²) in [6, 6.07) is 20.6. The van der Waals surface area contributed by atoms with Crippen LogP contribution in [0.5, 0.6) is 0 Å². The van der Waals surface area contributed by atoms with Crippen molar-refractivity contribution >= 4 is 27.6 Å². The van der Waals surface area contributed by atoms with E-state index in [9.17, 15) is 5.26 Å². The lowest BCUT2D eigenvalue weighted by atomic mass is 10.0. The van der Waals surface area contributed by atoms with Gasteiger partial charge in [0.2, 0.25) is 0 Å². The number of benzene rings is 2. The highest BCUT2D eigenvalue weighted by atomic mass is 79.9. The van der Waals surface area contributed by atoms with E-state index in [0.29, 0.717) is 5.57 Å². The van der Waals surface area contributed by atoms with Gasteiger partial charge in [0, 0.05) is 21.5 Å². The number of nitriles is 1. The Balaban J connectivity index is 2.10. The Labute approximate surface area is 157 Å². The molecular formula is C22H19BrN2. The number of aryl methyl sites for hydroxylation is 2. The van der Waals surface area contributed by atoms with E-state index in [0.717, 1.165) is 32.7 Å². The third-order valence-electron chi connectivity index (χ3n) is 4.39. The van der Waals surface area contributed by atoms with Crippen molar-refractivity contribution in [3.63, 3.8) is 0 Å². The summed E-state index contributed by atoms with van der Waals surface area (Å²) in [6.45, 7) is 6.26. The third kappa shape index (κ3) is 3.45. The largest absolute Gasteiger partial charge is 0.318 e. The monoisotopic (exact) mass is 390 g/mol. The minimum Gasteiger partial charge on any atom is -0.318 e. The van der Waals surface area contributed by atoms with Crippen molar-refractivity contribution in [3.8, 4) is 11.8 Å². The molecule has 0 saturated carbocycles. The molecule has 0 unspecified atom stereocenters. The van der Waals surface area contributed by atoms with Gasteiger partial charge in [-0.3, -0.25) is 0 Å². The molecule has 0 radical (unpaired) electrons. The summed E-state index contributed by atoms with van der Waals surface area (Å²) < 4.78 is 3.31. The first-order valence-corrected chi connectivity index (χ1v) is 8.93. The summed E-state index contributed by atoms with van der Waals surface area (Å²) in [5.74, 6) is 0. The van der Waals surface area contributed by atoms with Crippen LogP contribution in [0.2, 0.25) is 0 Å². The molecule has 0 spiro atoms. The molecule has 2 aromatic carbocycles. The van der Waals surface area contributed by atoms with Crippen molar-refractivity contribution in [3.05, 3.63) is 87.1 Å². The van der Waals surface area contributed by atoms with Crippen molar-refractivity contribution in [2.45, 2.75) is 20.8 Å². The predicted molar refractivity (Wildman–Crippen MR) is 108 cm³/mol. The van der Waals surface area contributed by atoms with Crippen LogP contribution in [-0.2, 0) is 0 Å². The fourth-order valence-corrected chi connectivity index (χ4v) is 3.37. The lowest BCUT2D eigenvalue weighted by molar-refractivity contribution is 0.962. The molecule has 0 saturated heterocycles. The van der Waals surface area contributed by atoms with E-state index in [4.69, 9.17) is 0 Å². The molecule has 0 N–H and O–H groups in total. The van der Waals surface area contributed by atoms with E-state index >= 15 is 0 Å². The second-order valence-electron chi connectivity index (χ2n) is 6.13. The van der Waals surface area contributed by atoms with E-state index in [-0.39, 0.29) is 0 Å². The van der Waals surface area contributed by atoms with Gasteiger partial charge in [0.25, 0.3) is 0 Å². The van der Waals surface area contributed by atoms with Gasteiger partial charge in [-0.2, -0.15) is 5.26 Å². The summed E-state index contributed by atoms with van der Waals surface area (Å²) in [7, 11) is 0. The van der Waals surface area contributed by atoms with Gasteiger partial charge in [-0.15, -0.1) is 0 Å². The SMILES string of the molecule is Cc1ccc(-n2c(C)cc(/C=C(/C#N)c3ccccc3)c2C)cc1Br. The first-order valence-electron chi connectivity index (χ1n) is 8.14. The molecule has 1 heterocycles. The highest BCUT2D eigenvalue weighted by Gasteiger charge is 2.11. The van der Waals surface area contributed by atoms with E-state index < -0.39 is 0 Å². The summed E-state index contributed by atoms with van der Waals surface area (Å²) in [5.41, 5.74) is 7.27. The molecule has 3 rings (SSSR count). The molecule has 2 nitrogen and oxygen atoms in total. The molecule has 0 aliphatic rings. The average molecular weight is 391 g/mol. The molecule has 0 aliphatic carbocycles. The third-order valence-corrected chi connectivity index (χ3v) is 5.24. The molecule has 3 aromatic rings. The maximum absolute atomic E-state index is 9.56. The van der Waals surface area contributed by atoms with E-state index in [2.05, 4.69) is 71.6 Å². The van der Waals surface area contributed by atoms with Gasteiger partial charge in [0.05, 0.1) is 11.6 Å². The molecule has 1 aromatic heterocycles. The van der Waals surface area contributed by atoms with Crippen molar-refractivity contribution < 1.29 is 0 Å². The molecule has 0 bridgehead atoms. The Morgan fingerprint density at radius 2 is 1.76 bits per heavy atom. The molecule has 0 fully saturated rings. The van der Waals surface area contributed by atoms with Crippen LogP contribution in [0.15, 0.2) is 59.1 Å². The van der Waals surface area contributed by atoms with E-state index in [1.807, 2.05) is 36.4 Å². The van der Waals surface area contributed by atoms with Crippen LogP contribution in [0.1, 0.15) is 28.1 Å². The Hall–Kier alpha value is -2.57. The fraction of sp³-hybridized carbons (Fsp3) is 0.136. The molecule has 25 heavy (non-hydrogen) atoms. The van der Waals surface area contributed by atoms with Crippen LogP contribution >= 0.6 is 15.9 Å².